The first-order valence-electron chi connectivity index (χ1n) is 6.20. The smallest absolute Gasteiger partial charge is 0.381 e. The molecule has 2 rings (SSSR count). The highest BCUT2D eigenvalue weighted by Crippen LogP contribution is 2.35. The second-order valence-electron chi connectivity index (χ2n) is 4.59. The second kappa shape index (κ2) is 5.98. The highest BCUT2D eigenvalue weighted by atomic mass is 32.2. The van der Waals surface area contributed by atoms with Crippen molar-refractivity contribution in [3.63, 3.8) is 0 Å². The quantitative estimate of drug-likeness (QED) is 0.905. The highest BCUT2D eigenvalue weighted by Gasteiger charge is 2.36. The third-order valence-corrected chi connectivity index (χ3v) is 3.90. The summed E-state index contributed by atoms with van der Waals surface area (Å²) in [4.78, 5) is -0.940. The number of benzene rings is 2. The van der Waals surface area contributed by atoms with Gasteiger partial charge in [0, 0.05) is 12.2 Å². The van der Waals surface area contributed by atoms with Crippen LogP contribution in [0.15, 0.2) is 53.4 Å². The van der Waals surface area contributed by atoms with Crippen molar-refractivity contribution in [2.45, 2.75) is 17.6 Å². The molecule has 0 aliphatic heterocycles. The predicted octanol–water partition coefficient (Wildman–Crippen LogP) is 2.96. The number of nitrogens with one attached hydrogen (secondary N) is 1. The molecule has 2 aromatic carbocycles. The molecule has 0 aromatic heterocycles. The average Bonchev–Trinajstić information content (AvgIpc) is 2.44. The van der Waals surface area contributed by atoms with E-state index >= 15 is 0 Å². The topological polar surface area (TPSA) is 72.2 Å². The molecule has 0 spiro atoms. The van der Waals surface area contributed by atoms with Gasteiger partial charge in [0.1, 0.15) is 0 Å². The number of nitrogens with two attached hydrogens (primary N) is 1. The lowest BCUT2D eigenvalue weighted by molar-refractivity contribution is -0.139. The SMILES string of the molecule is NS(=O)(=O)c1ccc(NCc2ccccc2)cc1C(F)(F)F. The maximum atomic E-state index is 13.0. The summed E-state index contributed by atoms with van der Waals surface area (Å²) < 4.78 is 61.4. The number of alkyl halides is 3. The van der Waals surface area contributed by atoms with Crippen molar-refractivity contribution < 1.29 is 21.6 Å². The van der Waals surface area contributed by atoms with Crippen molar-refractivity contribution in [2.24, 2.45) is 5.14 Å². The van der Waals surface area contributed by atoms with Crippen molar-refractivity contribution in [3.8, 4) is 0 Å². The van der Waals surface area contributed by atoms with Gasteiger partial charge in [-0.1, -0.05) is 30.3 Å². The maximum Gasteiger partial charge on any atom is 0.417 e. The van der Waals surface area contributed by atoms with E-state index in [2.05, 4.69) is 5.32 Å². The Balaban J connectivity index is 2.31. The molecule has 0 aliphatic carbocycles. The monoisotopic (exact) mass is 330 g/mol. The van der Waals surface area contributed by atoms with E-state index in [0.29, 0.717) is 6.54 Å². The molecule has 22 heavy (non-hydrogen) atoms. The predicted molar refractivity (Wildman–Crippen MR) is 76.6 cm³/mol. The zero-order chi connectivity index (χ0) is 16.4. The van der Waals surface area contributed by atoms with Crippen LogP contribution in [0.5, 0.6) is 0 Å². The van der Waals surface area contributed by atoms with E-state index in [4.69, 9.17) is 5.14 Å². The molecule has 0 unspecified atom stereocenters. The molecule has 0 aliphatic rings. The Labute approximate surface area is 125 Å². The number of hydrogen-bond acceptors (Lipinski definition) is 3. The normalized spacial score (nSPS) is 12.2. The van der Waals surface area contributed by atoms with Crippen LogP contribution in [-0.2, 0) is 22.7 Å². The molecule has 0 saturated carbocycles. The van der Waals surface area contributed by atoms with E-state index in [1.165, 1.54) is 6.07 Å². The lowest BCUT2D eigenvalue weighted by Crippen LogP contribution is -2.19. The van der Waals surface area contributed by atoms with Gasteiger partial charge in [-0.15, -0.1) is 0 Å². The van der Waals surface area contributed by atoms with Gasteiger partial charge in [0.05, 0.1) is 10.5 Å². The van der Waals surface area contributed by atoms with Gasteiger partial charge < -0.3 is 5.32 Å². The Kier molecular flexibility index (Phi) is 4.43. The number of sulfonamides is 1. The number of rotatable bonds is 4. The van der Waals surface area contributed by atoms with Crippen molar-refractivity contribution in [1.29, 1.82) is 0 Å². The molecular weight excluding hydrogens is 317 g/mol. The number of primary sulfonamides is 1. The first-order chi connectivity index (χ1) is 10.2. The first kappa shape index (κ1) is 16.3. The Hall–Kier alpha value is -2.06. The molecule has 0 heterocycles. The van der Waals surface area contributed by atoms with Gasteiger partial charge in [-0.2, -0.15) is 13.2 Å². The molecule has 0 radical (unpaired) electrons. The summed E-state index contributed by atoms with van der Waals surface area (Å²) in [5.74, 6) is 0. The zero-order valence-electron chi connectivity index (χ0n) is 11.3. The summed E-state index contributed by atoms with van der Waals surface area (Å²) in [6.45, 7) is 0.312. The molecule has 2 aromatic rings. The molecule has 0 saturated heterocycles. The molecule has 8 heteroatoms. The maximum absolute atomic E-state index is 13.0. The van der Waals surface area contributed by atoms with Crippen LogP contribution in [0.1, 0.15) is 11.1 Å². The summed E-state index contributed by atoms with van der Waals surface area (Å²) in [5, 5.41) is 7.64. The van der Waals surface area contributed by atoms with E-state index in [1.807, 2.05) is 30.3 Å². The highest BCUT2D eigenvalue weighted by molar-refractivity contribution is 7.89. The van der Waals surface area contributed by atoms with Crippen molar-refractivity contribution in [2.75, 3.05) is 5.32 Å². The zero-order valence-corrected chi connectivity index (χ0v) is 12.1. The summed E-state index contributed by atoms with van der Waals surface area (Å²) >= 11 is 0. The van der Waals surface area contributed by atoms with Crippen LogP contribution in [0.2, 0.25) is 0 Å². The van der Waals surface area contributed by atoms with Gasteiger partial charge >= 0.3 is 6.18 Å². The van der Waals surface area contributed by atoms with Gasteiger partial charge in [-0.05, 0) is 23.8 Å². The van der Waals surface area contributed by atoms with Crippen LogP contribution in [0.4, 0.5) is 18.9 Å². The van der Waals surface area contributed by atoms with Crippen LogP contribution in [-0.4, -0.2) is 8.42 Å². The van der Waals surface area contributed by atoms with E-state index in [0.717, 1.165) is 17.7 Å². The minimum Gasteiger partial charge on any atom is -0.381 e. The summed E-state index contributed by atoms with van der Waals surface area (Å²) in [7, 11) is -4.45. The Morgan fingerprint density at radius 2 is 1.68 bits per heavy atom. The Morgan fingerprint density at radius 1 is 1.05 bits per heavy atom. The lowest BCUT2D eigenvalue weighted by atomic mass is 10.1. The minimum absolute atomic E-state index is 0.156. The summed E-state index contributed by atoms with van der Waals surface area (Å²) in [6, 6.07) is 11.9. The van der Waals surface area contributed by atoms with Crippen LogP contribution < -0.4 is 10.5 Å². The molecule has 4 nitrogen and oxygen atoms in total. The Morgan fingerprint density at radius 3 is 2.23 bits per heavy atom. The molecule has 0 bridgehead atoms. The first-order valence-corrected chi connectivity index (χ1v) is 7.74. The van der Waals surface area contributed by atoms with E-state index in [-0.39, 0.29) is 5.69 Å². The molecular formula is C14H13F3N2O2S. The lowest BCUT2D eigenvalue weighted by Gasteiger charge is -2.14. The molecule has 118 valence electrons. The molecule has 0 fully saturated rings. The van der Waals surface area contributed by atoms with Gasteiger partial charge in [0.2, 0.25) is 10.0 Å². The van der Waals surface area contributed by atoms with Gasteiger partial charge in [-0.3, -0.25) is 0 Å². The van der Waals surface area contributed by atoms with Gasteiger partial charge in [0.15, 0.2) is 0 Å². The Bertz CT molecular complexity index is 759. The summed E-state index contributed by atoms with van der Waals surface area (Å²) in [5.41, 5.74) is -0.247. The third-order valence-electron chi connectivity index (χ3n) is 2.93. The van der Waals surface area contributed by atoms with E-state index in [1.54, 1.807) is 0 Å². The van der Waals surface area contributed by atoms with E-state index in [9.17, 15) is 21.6 Å². The van der Waals surface area contributed by atoms with Crippen molar-refractivity contribution in [3.05, 3.63) is 59.7 Å². The van der Waals surface area contributed by atoms with Gasteiger partial charge in [-0.25, -0.2) is 13.6 Å². The van der Waals surface area contributed by atoms with Gasteiger partial charge in [0.25, 0.3) is 0 Å². The molecule has 0 atom stereocenters. The fourth-order valence-corrected chi connectivity index (χ4v) is 2.65. The molecule has 3 N–H and O–H groups in total. The van der Waals surface area contributed by atoms with Crippen LogP contribution >= 0.6 is 0 Å². The molecule has 0 amide bonds. The second-order valence-corrected chi connectivity index (χ2v) is 6.12. The van der Waals surface area contributed by atoms with Crippen LogP contribution in [0.25, 0.3) is 0 Å². The van der Waals surface area contributed by atoms with E-state index < -0.39 is 26.7 Å². The van der Waals surface area contributed by atoms with Crippen molar-refractivity contribution in [1.82, 2.24) is 0 Å². The van der Waals surface area contributed by atoms with Crippen LogP contribution in [0, 0.1) is 0 Å². The third kappa shape index (κ3) is 3.99. The number of hydrogen-bond donors (Lipinski definition) is 2. The minimum atomic E-state index is -4.81. The number of anilines is 1. The largest absolute Gasteiger partial charge is 0.417 e. The summed E-state index contributed by atoms with van der Waals surface area (Å²) in [6.07, 6.45) is -4.81. The number of halogens is 3. The fourth-order valence-electron chi connectivity index (χ4n) is 1.91. The van der Waals surface area contributed by atoms with Crippen LogP contribution in [0.3, 0.4) is 0 Å². The van der Waals surface area contributed by atoms with Crippen molar-refractivity contribution >= 4 is 15.7 Å². The standard InChI is InChI=1S/C14H13F3N2O2S/c15-14(16,17)12-8-11(6-7-13(12)22(18,20)21)19-9-10-4-2-1-3-5-10/h1-8,19H,9H2,(H2,18,20,21). The fraction of sp³-hybridized carbons (Fsp3) is 0.143. The average molecular weight is 330 g/mol.